The van der Waals surface area contributed by atoms with Crippen molar-refractivity contribution in [2.45, 2.75) is 6.10 Å². The minimum atomic E-state index is -1.01. The zero-order valence-corrected chi connectivity index (χ0v) is 14.5. The highest BCUT2D eigenvalue weighted by molar-refractivity contribution is 9.10. The second-order valence-corrected chi connectivity index (χ2v) is 5.87. The Morgan fingerprint density at radius 2 is 1.87 bits per heavy atom. The van der Waals surface area contributed by atoms with E-state index < -0.39 is 18.0 Å². The number of amides is 3. The van der Waals surface area contributed by atoms with Gasteiger partial charge >= 0.3 is 6.03 Å². The van der Waals surface area contributed by atoms with Gasteiger partial charge < -0.3 is 10.1 Å². The molecule has 0 unspecified atom stereocenters. The van der Waals surface area contributed by atoms with E-state index in [-0.39, 0.29) is 0 Å². The minimum absolute atomic E-state index is 0.343. The van der Waals surface area contributed by atoms with Crippen molar-refractivity contribution in [3.63, 3.8) is 0 Å². The number of ether oxygens (including phenoxy) is 1. The molecular weight excluding hydrogens is 384 g/mol. The van der Waals surface area contributed by atoms with Crippen molar-refractivity contribution < 1.29 is 14.3 Å². The molecule has 0 bridgehead atoms. The molecule has 2 N–H and O–H groups in total. The molecule has 1 atom stereocenters. The van der Waals surface area contributed by atoms with Crippen molar-refractivity contribution in [1.29, 1.82) is 0 Å². The van der Waals surface area contributed by atoms with Gasteiger partial charge in [-0.15, -0.1) is 0 Å². The van der Waals surface area contributed by atoms with Gasteiger partial charge in [-0.3, -0.25) is 10.1 Å². The summed E-state index contributed by atoms with van der Waals surface area (Å²) in [7, 11) is 1.42. The summed E-state index contributed by atoms with van der Waals surface area (Å²) < 4.78 is 6.54. The minimum Gasteiger partial charge on any atom is -0.474 e. The molecule has 0 saturated heterocycles. The number of nitrogens with one attached hydrogen (secondary N) is 2. The van der Waals surface area contributed by atoms with Crippen molar-refractivity contribution in [2.75, 3.05) is 7.05 Å². The van der Waals surface area contributed by atoms with Gasteiger partial charge in [-0.05, 0) is 18.2 Å². The number of carbonyl (C=O) groups is 2. The lowest BCUT2D eigenvalue weighted by Crippen LogP contribution is -2.41. The van der Waals surface area contributed by atoms with E-state index in [1.165, 1.54) is 7.05 Å². The highest BCUT2D eigenvalue weighted by Crippen LogP contribution is 2.31. The van der Waals surface area contributed by atoms with Crippen molar-refractivity contribution in [2.24, 2.45) is 0 Å². The molecule has 120 valence electrons. The maximum Gasteiger partial charge on any atom is 0.321 e. The van der Waals surface area contributed by atoms with Gasteiger partial charge in [0.1, 0.15) is 5.75 Å². The molecule has 0 aliphatic heterocycles. The van der Waals surface area contributed by atoms with Crippen LogP contribution in [0, 0.1) is 0 Å². The van der Waals surface area contributed by atoms with Gasteiger partial charge in [-0.2, -0.15) is 0 Å². The molecule has 2 aromatic carbocycles. The molecule has 0 aromatic heterocycles. The summed E-state index contributed by atoms with van der Waals surface area (Å²) in [5.74, 6) is -0.245. The summed E-state index contributed by atoms with van der Waals surface area (Å²) in [5.41, 5.74) is 0.605. The number of hydrogen-bond donors (Lipinski definition) is 2. The third-order valence-corrected chi connectivity index (χ3v) is 3.73. The van der Waals surface area contributed by atoms with Crippen molar-refractivity contribution in [3.8, 4) is 5.75 Å². The van der Waals surface area contributed by atoms with Gasteiger partial charge in [0, 0.05) is 17.1 Å². The van der Waals surface area contributed by atoms with E-state index in [9.17, 15) is 9.59 Å². The normalized spacial score (nSPS) is 11.4. The van der Waals surface area contributed by atoms with Crippen LogP contribution in [0.25, 0.3) is 0 Å². The standard InChI is InChI=1S/C16H14BrClN2O3/c1-19-16(22)20-15(21)14(10-5-3-2-4-6-10)23-13-8-7-11(17)9-12(13)18/h2-9,14H,1H3,(H2,19,20,21,22)/t14-/m1/s1. The Morgan fingerprint density at radius 3 is 2.48 bits per heavy atom. The second kappa shape index (κ2) is 7.99. The first kappa shape index (κ1) is 17.3. The molecule has 2 rings (SSSR count). The zero-order chi connectivity index (χ0) is 16.8. The zero-order valence-electron chi connectivity index (χ0n) is 12.2. The fourth-order valence-corrected chi connectivity index (χ4v) is 2.56. The van der Waals surface area contributed by atoms with Gasteiger partial charge in [0.05, 0.1) is 5.02 Å². The lowest BCUT2D eigenvalue weighted by atomic mass is 10.1. The van der Waals surface area contributed by atoms with Gasteiger partial charge in [-0.25, -0.2) is 4.79 Å². The summed E-state index contributed by atoms with van der Waals surface area (Å²) in [6.45, 7) is 0. The highest BCUT2D eigenvalue weighted by atomic mass is 79.9. The summed E-state index contributed by atoms with van der Waals surface area (Å²) in [5, 5.41) is 4.89. The van der Waals surface area contributed by atoms with Crippen LogP contribution in [0.15, 0.2) is 53.0 Å². The van der Waals surface area contributed by atoms with E-state index in [1.807, 2.05) is 6.07 Å². The van der Waals surface area contributed by atoms with Crippen molar-refractivity contribution >= 4 is 39.5 Å². The van der Waals surface area contributed by atoms with E-state index in [0.717, 1.165) is 4.47 Å². The van der Waals surface area contributed by atoms with Crippen LogP contribution >= 0.6 is 27.5 Å². The predicted octanol–water partition coefficient (Wildman–Crippen LogP) is 3.68. The van der Waals surface area contributed by atoms with Gasteiger partial charge in [0.2, 0.25) is 6.10 Å². The van der Waals surface area contributed by atoms with Crippen LogP contribution in [0.2, 0.25) is 5.02 Å². The van der Waals surface area contributed by atoms with Gasteiger partial charge in [0.15, 0.2) is 0 Å². The number of hydrogen-bond acceptors (Lipinski definition) is 3. The molecule has 0 spiro atoms. The maximum absolute atomic E-state index is 12.3. The molecule has 2 aromatic rings. The third kappa shape index (κ3) is 4.71. The Kier molecular flexibility index (Phi) is 6.01. The first-order valence-electron chi connectivity index (χ1n) is 6.70. The van der Waals surface area contributed by atoms with E-state index >= 15 is 0 Å². The lowest BCUT2D eigenvalue weighted by Gasteiger charge is -2.19. The highest BCUT2D eigenvalue weighted by Gasteiger charge is 2.25. The van der Waals surface area contributed by atoms with Crippen LogP contribution in [0.4, 0.5) is 4.79 Å². The molecule has 7 heteroatoms. The molecule has 0 aliphatic carbocycles. The van der Waals surface area contributed by atoms with Crippen LogP contribution in [0.3, 0.4) is 0 Å². The fourth-order valence-electron chi connectivity index (χ4n) is 1.84. The number of halogens is 2. The fraction of sp³-hybridized carbons (Fsp3) is 0.125. The topological polar surface area (TPSA) is 67.4 Å². The second-order valence-electron chi connectivity index (χ2n) is 4.55. The molecule has 0 radical (unpaired) electrons. The predicted molar refractivity (Wildman–Crippen MR) is 91.6 cm³/mol. The first-order chi connectivity index (χ1) is 11.0. The summed E-state index contributed by atoms with van der Waals surface area (Å²) in [4.78, 5) is 23.7. The Labute approximate surface area is 147 Å². The average molecular weight is 398 g/mol. The Bertz CT molecular complexity index is 710. The van der Waals surface area contributed by atoms with Crippen LogP contribution in [0.1, 0.15) is 11.7 Å². The monoisotopic (exact) mass is 396 g/mol. The summed E-state index contributed by atoms with van der Waals surface area (Å²) in [6.07, 6.45) is -1.01. The van der Waals surface area contributed by atoms with Crippen LogP contribution < -0.4 is 15.4 Å². The molecule has 3 amide bonds. The quantitative estimate of drug-likeness (QED) is 0.827. The number of carbonyl (C=O) groups excluding carboxylic acids is 2. The molecular formula is C16H14BrClN2O3. The molecule has 0 aliphatic rings. The van der Waals surface area contributed by atoms with E-state index in [2.05, 4.69) is 26.6 Å². The van der Waals surface area contributed by atoms with E-state index in [0.29, 0.717) is 16.3 Å². The van der Waals surface area contributed by atoms with E-state index in [4.69, 9.17) is 16.3 Å². The maximum atomic E-state index is 12.3. The molecule has 23 heavy (non-hydrogen) atoms. The number of benzene rings is 2. The Balaban J connectivity index is 2.30. The van der Waals surface area contributed by atoms with Crippen LogP contribution in [0.5, 0.6) is 5.75 Å². The van der Waals surface area contributed by atoms with Crippen LogP contribution in [-0.2, 0) is 4.79 Å². The first-order valence-corrected chi connectivity index (χ1v) is 7.87. The Hall–Kier alpha value is -2.05. The summed E-state index contributed by atoms with van der Waals surface area (Å²) >= 11 is 9.44. The van der Waals surface area contributed by atoms with Crippen LogP contribution in [-0.4, -0.2) is 19.0 Å². The number of imide groups is 1. The lowest BCUT2D eigenvalue weighted by molar-refractivity contribution is -0.127. The third-order valence-electron chi connectivity index (χ3n) is 2.94. The number of urea groups is 1. The smallest absolute Gasteiger partial charge is 0.321 e. The molecule has 0 saturated carbocycles. The summed E-state index contributed by atoms with van der Waals surface area (Å²) in [6, 6.07) is 13.3. The van der Waals surface area contributed by atoms with E-state index in [1.54, 1.807) is 42.5 Å². The van der Waals surface area contributed by atoms with Crippen molar-refractivity contribution in [1.82, 2.24) is 10.6 Å². The van der Waals surface area contributed by atoms with Gasteiger partial charge in [-0.1, -0.05) is 57.9 Å². The largest absolute Gasteiger partial charge is 0.474 e. The Morgan fingerprint density at radius 1 is 1.17 bits per heavy atom. The molecule has 0 fully saturated rings. The molecule has 5 nitrogen and oxygen atoms in total. The molecule has 0 heterocycles. The van der Waals surface area contributed by atoms with Gasteiger partial charge in [0.25, 0.3) is 5.91 Å². The number of rotatable bonds is 4. The SMILES string of the molecule is CNC(=O)NC(=O)[C@H](Oc1ccc(Br)cc1Cl)c1ccccc1. The van der Waals surface area contributed by atoms with Crippen molar-refractivity contribution in [3.05, 3.63) is 63.6 Å². The average Bonchev–Trinajstić information content (AvgIpc) is 2.54.